The monoisotopic (exact) mass is 560 g/mol. The van der Waals surface area contributed by atoms with Gasteiger partial charge in [0.2, 0.25) is 0 Å². The number of nitrogens with zero attached hydrogens (tertiary/aromatic N) is 2. The molecular weight excluding hydrogens is 536 g/mol. The Kier molecular flexibility index (Phi) is 7.14. The average Bonchev–Trinajstić information content (AvgIpc) is 3.58. The zero-order chi connectivity index (χ0) is 26.9. The summed E-state index contributed by atoms with van der Waals surface area (Å²) in [6.45, 7) is 4.23. The van der Waals surface area contributed by atoms with Gasteiger partial charge in [0.05, 0.1) is 30.2 Å². The Morgan fingerprint density at radius 2 is 1.74 bits per heavy atom. The second-order valence-electron chi connectivity index (χ2n) is 9.56. The Labute approximate surface area is 234 Å². The van der Waals surface area contributed by atoms with Crippen LogP contribution < -0.4 is 5.32 Å². The number of nitrogens with one attached hydrogen (secondary N) is 2. The molecule has 3 amide bonds. The predicted octanol–water partition coefficient (Wildman–Crippen LogP) is 5.23. The standard InChI is InChI=1S/C29H25ClN4O4S/c30-21-4-1-18(2-5-21)13-26-28(36)34(29(37)39-26)17-19-3-6-25-23(12-19)24(27(35)32-25)14-22-11-20(15-31-22)16-33-7-9-38-10-8-33/h1-6,11-15,31H,7-10,16-17H2,(H,32,35). The first kappa shape index (κ1) is 25.6. The summed E-state index contributed by atoms with van der Waals surface area (Å²) < 4.78 is 5.42. The van der Waals surface area contributed by atoms with Crippen LogP contribution in [-0.2, 0) is 27.4 Å². The Morgan fingerprint density at radius 1 is 0.949 bits per heavy atom. The van der Waals surface area contributed by atoms with Crippen molar-refractivity contribution in [1.82, 2.24) is 14.8 Å². The van der Waals surface area contributed by atoms with Gasteiger partial charge in [-0.3, -0.25) is 24.2 Å². The molecule has 6 rings (SSSR count). The molecule has 8 nitrogen and oxygen atoms in total. The van der Waals surface area contributed by atoms with Crippen LogP contribution in [0.4, 0.5) is 10.5 Å². The van der Waals surface area contributed by atoms with E-state index in [1.165, 1.54) is 4.90 Å². The number of amides is 3. The average molecular weight is 561 g/mol. The highest BCUT2D eigenvalue weighted by atomic mass is 35.5. The van der Waals surface area contributed by atoms with Gasteiger partial charge in [0.1, 0.15) is 0 Å². The molecule has 3 aliphatic rings. The summed E-state index contributed by atoms with van der Waals surface area (Å²) >= 11 is 6.86. The zero-order valence-electron chi connectivity index (χ0n) is 20.9. The van der Waals surface area contributed by atoms with Gasteiger partial charge in [-0.25, -0.2) is 0 Å². The number of fused-ring (bicyclic) bond motifs is 1. The van der Waals surface area contributed by atoms with Crippen LogP contribution in [0, 0.1) is 0 Å². The lowest BCUT2D eigenvalue weighted by Crippen LogP contribution is -2.35. The number of benzene rings is 2. The van der Waals surface area contributed by atoms with Gasteiger partial charge >= 0.3 is 0 Å². The highest BCUT2D eigenvalue weighted by molar-refractivity contribution is 8.18. The minimum absolute atomic E-state index is 0.115. The van der Waals surface area contributed by atoms with Gasteiger partial charge in [-0.15, -0.1) is 0 Å². The van der Waals surface area contributed by atoms with Crippen LogP contribution in [-0.4, -0.2) is 58.1 Å². The second-order valence-corrected chi connectivity index (χ2v) is 11.0. The van der Waals surface area contributed by atoms with Crippen molar-refractivity contribution in [3.05, 3.63) is 92.6 Å². The van der Waals surface area contributed by atoms with Gasteiger partial charge in [-0.2, -0.15) is 0 Å². The third-order valence-electron chi connectivity index (χ3n) is 6.82. The van der Waals surface area contributed by atoms with Crippen molar-refractivity contribution in [2.24, 2.45) is 0 Å². The van der Waals surface area contributed by atoms with Crippen molar-refractivity contribution in [3.8, 4) is 0 Å². The van der Waals surface area contributed by atoms with E-state index in [-0.39, 0.29) is 23.6 Å². The molecule has 3 aromatic rings. The normalized spacial score (nSPS) is 19.8. The van der Waals surface area contributed by atoms with Crippen LogP contribution >= 0.6 is 23.4 Å². The van der Waals surface area contributed by atoms with Gasteiger partial charge in [-0.05, 0) is 70.9 Å². The summed E-state index contributed by atoms with van der Waals surface area (Å²) in [6.07, 6.45) is 5.49. The maximum Gasteiger partial charge on any atom is 0.293 e. The van der Waals surface area contributed by atoms with E-state index in [0.717, 1.165) is 72.6 Å². The van der Waals surface area contributed by atoms with Gasteiger partial charge in [0.25, 0.3) is 17.1 Å². The first-order chi connectivity index (χ1) is 18.9. The minimum Gasteiger partial charge on any atom is -0.379 e. The number of ether oxygens (including phenoxy) is 1. The Bertz CT molecular complexity index is 1520. The molecule has 2 fully saturated rings. The number of carbonyl (C=O) groups excluding carboxylic acids is 3. The van der Waals surface area contributed by atoms with Crippen molar-refractivity contribution >= 4 is 63.8 Å². The number of imide groups is 1. The first-order valence-corrected chi connectivity index (χ1v) is 13.8. The van der Waals surface area contributed by atoms with E-state index < -0.39 is 0 Å². The smallest absolute Gasteiger partial charge is 0.293 e. The van der Waals surface area contributed by atoms with E-state index in [1.54, 1.807) is 30.3 Å². The highest BCUT2D eigenvalue weighted by Gasteiger charge is 2.35. The molecule has 0 aliphatic carbocycles. The fourth-order valence-corrected chi connectivity index (χ4v) is 5.78. The van der Waals surface area contributed by atoms with Crippen LogP contribution in [0.5, 0.6) is 0 Å². The molecule has 0 bridgehead atoms. The highest BCUT2D eigenvalue weighted by Crippen LogP contribution is 2.36. The number of aromatic nitrogens is 1. The van der Waals surface area contributed by atoms with Crippen molar-refractivity contribution in [2.45, 2.75) is 13.1 Å². The largest absolute Gasteiger partial charge is 0.379 e. The molecule has 2 saturated heterocycles. The topological polar surface area (TPSA) is 94.7 Å². The summed E-state index contributed by atoms with van der Waals surface area (Å²) in [5.74, 6) is -0.534. The number of anilines is 1. The van der Waals surface area contributed by atoms with Crippen molar-refractivity contribution in [3.63, 3.8) is 0 Å². The maximum atomic E-state index is 13.0. The number of H-pyrrole nitrogens is 1. The zero-order valence-corrected chi connectivity index (χ0v) is 22.5. The molecule has 0 spiro atoms. The minimum atomic E-state index is -0.343. The summed E-state index contributed by atoms with van der Waals surface area (Å²) in [7, 11) is 0. The lowest BCUT2D eigenvalue weighted by atomic mass is 10.0. The van der Waals surface area contributed by atoms with E-state index in [2.05, 4.69) is 15.2 Å². The number of thioether (sulfide) groups is 1. The third kappa shape index (κ3) is 5.58. The Morgan fingerprint density at radius 3 is 2.54 bits per heavy atom. The molecule has 39 heavy (non-hydrogen) atoms. The van der Waals surface area contributed by atoms with E-state index in [9.17, 15) is 14.4 Å². The first-order valence-electron chi connectivity index (χ1n) is 12.6. The fraction of sp³-hybridized carbons (Fsp3) is 0.207. The summed E-state index contributed by atoms with van der Waals surface area (Å²) in [5, 5.41) is 3.17. The van der Waals surface area contributed by atoms with Gasteiger partial charge in [-0.1, -0.05) is 29.8 Å². The molecule has 3 aliphatic heterocycles. The lowest BCUT2D eigenvalue weighted by Gasteiger charge is -2.25. The van der Waals surface area contributed by atoms with Crippen LogP contribution in [0.2, 0.25) is 5.02 Å². The second kappa shape index (κ2) is 10.9. The Balaban J connectivity index is 1.19. The number of hydrogen-bond donors (Lipinski definition) is 2. The van der Waals surface area contributed by atoms with E-state index in [1.807, 2.05) is 36.5 Å². The quantitative estimate of drug-likeness (QED) is 0.401. The van der Waals surface area contributed by atoms with Crippen LogP contribution in [0.25, 0.3) is 17.7 Å². The molecule has 2 N–H and O–H groups in total. The van der Waals surface area contributed by atoms with Crippen molar-refractivity contribution in [2.75, 3.05) is 31.6 Å². The van der Waals surface area contributed by atoms with Crippen LogP contribution in [0.1, 0.15) is 27.9 Å². The molecule has 0 radical (unpaired) electrons. The number of aromatic amines is 1. The SMILES string of the molecule is O=C1Nc2ccc(CN3C(=O)SC(=Cc4ccc(Cl)cc4)C3=O)cc2C1=Cc1cc(CN2CCOCC2)c[nH]1. The van der Waals surface area contributed by atoms with E-state index >= 15 is 0 Å². The van der Waals surface area contributed by atoms with Gasteiger partial charge in [0, 0.05) is 47.8 Å². The fourth-order valence-electron chi connectivity index (χ4n) is 4.81. The number of carbonyl (C=O) groups is 3. The number of morpholine rings is 1. The maximum absolute atomic E-state index is 13.0. The molecule has 0 saturated carbocycles. The van der Waals surface area contributed by atoms with Crippen molar-refractivity contribution < 1.29 is 19.1 Å². The molecule has 1 aromatic heterocycles. The number of rotatable bonds is 6. The summed E-state index contributed by atoms with van der Waals surface area (Å²) in [4.78, 5) is 45.7. The molecule has 198 valence electrons. The summed E-state index contributed by atoms with van der Waals surface area (Å²) in [6, 6.07) is 14.6. The molecule has 0 atom stereocenters. The van der Waals surface area contributed by atoms with Crippen LogP contribution in [0.15, 0.2) is 59.6 Å². The number of halogens is 1. The molecule has 4 heterocycles. The lowest BCUT2D eigenvalue weighted by molar-refractivity contribution is -0.123. The molecule has 2 aromatic carbocycles. The van der Waals surface area contributed by atoms with Gasteiger partial charge < -0.3 is 15.0 Å². The van der Waals surface area contributed by atoms with Gasteiger partial charge in [0.15, 0.2) is 0 Å². The number of hydrogen-bond acceptors (Lipinski definition) is 6. The third-order valence-corrected chi connectivity index (χ3v) is 7.98. The molecule has 0 unspecified atom stereocenters. The molecular formula is C29H25ClN4O4S. The molecule has 10 heteroatoms. The van der Waals surface area contributed by atoms with E-state index in [0.29, 0.717) is 21.2 Å². The van der Waals surface area contributed by atoms with E-state index in [4.69, 9.17) is 16.3 Å². The van der Waals surface area contributed by atoms with Crippen LogP contribution in [0.3, 0.4) is 0 Å². The Hall–Kier alpha value is -3.63. The summed E-state index contributed by atoms with van der Waals surface area (Å²) in [5.41, 5.74) is 5.49. The van der Waals surface area contributed by atoms with Crippen molar-refractivity contribution in [1.29, 1.82) is 0 Å². The predicted molar refractivity (Wildman–Crippen MR) is 153 cm³/mol.